The molecule has 8 heteroatoms. The number of likely N-dealkylation sites (tertiary alicyclic amines) is 1. The maximum Gasteiger partial charge on any atom is 0.295 e. The first-order valence-corrected chi connectivity index (χ1v) is 14.4. The van der Waals surface area contributed by atoms with Crippen LogP contribution in [0.3, 0.4) is 0 Å². The molecule has 8 nitrogen and oxygen atoms in total. The number of methoxy groups -OCH3 is 1. The molecule has 1 aliphatic heterocycles. The Balaban J connectivity index is 2.03. The summed E-state index contributed by atoms with van der Waals surface area (Å²) in [6, 6.07) is 11.6. The molecule has 2 aromatic rings. The fourth-order valence-corrected chi connectivity index (χ4v) is 4.85. The number of ether oxygens (including phenoxy) is 3. The van der Waals surface area contributed by atoms with Gasteiger partial charge in [0.1, 0.15) is 11.5 Å². The maximum atomic E-state index is 13.4. The van der Waals surface area contributed by atoms with Gasteiger partial charge in [0.05, 0.1) is 31.9 Å². The number of unbranched alkanes of at least 4 members (excludes halogenated alkanes) is 1. The fraction of sp³-hybridized carbons (Fsp3) is 0.500. The van der Waals surface area contributed by atoms with E-state index in [0.29, 0.717) is 54.6 Å². The molecular weight excluding hydrogens is 508 g/mol. The summed E-state index contributed by atoms with van der Waals surface area (Å²) in [6.45, 7) is 12.5. The Morgan fingerprint density at radius 1 is 0.900 bits per heavy atom. The molecule has 1 aliphatic rings. The van der Waals surface area contributed by atoms with E-state index in [4.69, 9.17) is 14.2 Å². The number of nitrogens with zero attached hydrogens (tertiary/aromatic N) is 2. The fourth-order valence-electron chi connectivity index (χ4n) is 4.85. The first kappa shape index (κ1) is 31.0. The van der Waals surface area contributed by atoms with Gasteiger partial charge in [0, 0.05) is 12.1 Å². The van der Waals surface area contributed by atoms with E-state index in [2.05, 4.69) is 25.7 Å². The van der Waals surface area contributed by atoms with Crippen molar-refractivity contribution in [3.05, 3.63) is 59.2 Å². The number of hydrogen-bond acceptors (Lipinski definition) is 7. The van der Waals surface area contributed by atoms with Crippen molar-refractivity contribution in [1.29, 1.82) is 0 Å². The maximum absolute atomic E-state index is 13.4. The molecule has 1 fully saturated rings. The van der Waals surface area contributed by atoms with E-state index in [9.17, 15) is 14.7 Å². The minimum Gasteiger partial charge on any atom is -0.507 e. The van der Waals surface area contributed by atoms with Gasteiger partial charge in [0.15, 0.2) is 11.5 Å². The average Bonchev–Trinajstić information content (AvgIpc) is 3.23. The first-order chi connectivity index (χ1) is 19.4. The third kappa shape index (κ3) is 7.36. The zero-order chi connectivity index (χ0) is 29.1. The molecule has 40 heavy (non-hydrogen) atoms. The van der Waals surface area contributed by atoms with Crippen molar-refractivity contribution in [2.75, 3.05) is 46.5 Å². The number of aliphatic hydroxyl groups is 1. The van der Waals surface area contributed by atoms with E-state index in [1.54, 1.807) is 48.4 Å². The normalized spacial score (nSPS) is 16.6. The van der Waals surface area contributed by atoms with Crippen molar-refractivity contribution in [3.63, 3.8) is 0 Å². The number of ketones is 1. The summed E-state index contributed by atoms with van der Waals surface area (Å²) < 4.78 is 17.2. The summed E-state index contributed by atoms with van der Waals surface area (Å²) in [6.07, 6.45) is 3.50. The number of amides is 1. The number of Topliss-reactive ketones (excluding diaryl/α,β-unsaturated/α-hetero) is 1. The van der Waals surface area contributed by atoms with Crippen LogP contribution in [0, 0.1) is 0 Å². The van der Waals surface area contributed by atoms with E-state index < -0.39 is 17.7 Å². The second-order valence-electron chi connectivity index (χ2n) is 9.86. The van der Waals surface area contributed by atoms with Crippen molar-refractivity contribution in [3.8, 4) is 17.2 Å². The Morgan fingerprint density at radius 2 is 1.62 bits per heavy atom. The second kappa shape index (κ2) is 15.3. The van der Waals surface area contributed by atoms with Crippen LogP contribution >= 0.6 is 0 Å². The zero-order valence-corrected chi connectivity index (χ0v) is 24.6. The Morgan fingerprint density at radius 3 is 2.25 bits per heavy atom. The molecule has 3 rings (SSSR count). The number of carbonyl (C=O) groups is 2. The first-order valence-electron chi connectivity index (χ1n) is 14.4. The van der Waals surface area contributed by atoms with Gasteiger partial charge in [-0.25, -0.2) is 0 Å². The molecule has 1 N–H and O–H groups in total. The third-order valence-electron chi connectivity index (χ3n) is 7.17. The van der Waals surface area contributed by atoms with Crippen LogP contribution in [0.1, 0.15) is 70.5 Å². The quantitative estimate of drug-likeness (QED) is 0.122. The lowest BCUT2D eigenvalue weighted by Gasteiger charge is -2.27. The van der Waals surface area contributed by atoms with E-state index in [1.165, 1.54) is 0 Å². The van der Waals surface area contributed by atoms with Gasteiger partial charge < -0.3 is 29.1 Å². The highest BCUT2D eigenvalue weighted by molar-refractivity contribution is 6.46. The summed E-state index contributed by atoms with van der Waals surface area (Å²) in [7, 11) is 1.56. The number of benzene rings is 2. The molecule has 0 saturated carbocycles. The molecule has 0 unspecified atom stereocenters. The third-order valence-corrected chi connectivity index (χ3v) is 7.17. The van der Waals surface area contributed by atoms with Crippen LogP contribution in [0.15, 0.2) is 48.0 Å². The number of carbonyl (C=O) groups excluding carboxylic acids is 2. The summed E-state index contributed by atoms with van der Waals surface area (Å²) in [4.78, 5) is 30.6. The van der Waals surface area contributed by atoms with Crippen LogP contribution in [0.5, 0.6) is 17.2 Å². The average molecular weight is 553 g/mol. The van der Waals surface area contributed by atoms with Gasteiger partial charge in [-0.3, -0.25) is 9.59 Å². The smallest absolute Gasteiger partial charge is 0.295 e. The number of hydrogen-bond donors (Lipinski definition) is 1. The molecule has 1 heterocycles. The molecule has 1 saturated heterocycles. The van der Waals surface area contributed by atoms with Crippen LogP contribution in [0.4, 0.5) is 0 Å². The van der Waals surface area contributed by atoms with Crippen molar-refractivity contribution in [1.82, 2.24) is 9.80 Å². The molecular formula is C32H44N2O6. The van der Waals surface area contributed by atoms with Crippen LogP contribution < -0.4 is 14.2 Å². The highest BCUT2D eigenvalue weighted by Gasteiger charge is 2.46. The van der Waals surface area contributed by atoms with E-state index >= 15 is 0 Å². The Kier molecular flexibility index (Phi) is 11.9. The number of rotatable bonds is 16. The Labute approximate surface area is 238 Å². The van der Waals surface area contributed by atoms with Gasteiger partial charge in [-0.1, -0.05) is 40.2 Å². The van der Waals surface area contributed by atoms with Crippen LogP contribution in [-0.4, -0.2) is 73.1 Å². The van der Waals surface area contributed by atoms with Gasteiger partial charge in [-0.2, -0.15) is 0 Å². The molecule has 0 spiro atoms. The van der Waals surface area contributed by atoms with Crippen molar-refractivity contribution in [2.24, 2.45) is 0 Å². The van der Waals surface area contributed by atoms with E-state index in [1.807, 2.05) is 13.0 Å². The van der Waals surface area contributed by atoms with Crippen LogP contribution in [-0.2, 0) is 9.59 Å². The topological polar surface area (TPSA) is 88.5 Å². The highest BCUT2D eigenvalue weighted by Crippen LogP contribution is 2.42. The predicted octanol–water partition coefficient (Wildman–Crippen LogP) is 5.82. The molecule has 1 amide bonds. The summed E-state index contributed by atoms with van der Waals surface area (Å²) in [5, 5.41) is 11.4. The lowest BCUT2D eigenvalue weighted by molar-refractivity contribution is -0.140. The van der Waals surface area contributed by atoms with Crippen molar-refractivity contribution in [2.45, 2.75) is 59.4 Å². The molecule has 218 valence electrons. The minimum atomic E-state index is -0.758. The van der Waals surface area contributed by atoms with E-state index in [0.717, 1.165) is 38.9 Å². The highest BCUT2D eigenvalue weighted by atomic mass is 16.5. The standard InChI is InChI=1S/C32H44N2O6/c1-6-10-21-40-26-17-14-24(22-27(26)38-5)29-28(30(35)23-12-15-25(16-13-23)39-20-7-2)31(36)32(37)34(29)19-11-18-33(8-3)9-4/h12-17,22,29,35H,6-11,18-21H2,1-5H3/t29-/m0/s1. The van der Waals surface area contributed by atoms with Gasteiger partial charge in [-0.05, 0) is 80.9 Å². The SMILES string of the molecule is CCCCOc1ccc([C@H]2C(=C(O)c3ccc(OCCC)cc3)C(=O)C(=O)N2CCCN(CC)CC)cc1OC. The van der Waals surface area contributed by atoms with Crippen LogP contribution in [0.25, 0.3) is 5.76 Å². The van der Waals surface area contributed by atoms with Crippen molar-refractivity contribution >= 4 is 17.4 Å². The van der Waals surface area contributed by atoms with Crippen molar-refractivity contribution < 1.29 is 28.9 Å². The molecule has 0 aromatic heterocycles. The lowest BCUT2D eigenvalue weighted by Crippen LogP contribution is -2.33. The monoisotopic (exact) mass is 552 g/mol. The Hall–Kier alpha value is -3.52. The molecule has 0 bridgehead atoms. The second-order valence-corrected chi connectivity index (χ2v) is 9.86. The summed E-state index contributed by atoms with van der Waals surface area (Å²) in [5.41, 5.74) is 1.18. The number of aliphatic hydroxyl groups excluding tert-OH is 1. The zero-order valence-electron chi connectivity index (χ0n) is 24.6. The molecule has 1 atom stereocenters. The van der Waals surface area contributed by atoms with Gasteiger partial charge >= 0.3 is 0 Å². The molecule has 0 aliphatic carbocycles. The van der Waals surface area contributed by atoms with Gasteiger partial charge in [-0.15, -0.1) is 0 Å². The van der Waals surface area contributed by atoms with E-state index in [-0.39, 0.29) is 11.3 Å². The van der Waals surface area contributed by atoms with Crippen LogP contribution in [0.2, 0.25) is 0 Å². The predicted molar refractivity (Wildman–Crippen MR) is 157 cm³/mol. The largest absolute Gasteiger partial charge is 0.507 e. The molecule has 2 aromatic carbocycles. The summed E-state index contributed by atoms with van der Waals surface area (Å²) >= 11 is 0. The summed E-state index contributed by atoms with van der Waals surface area (Å²) in [5.74, 6) is 0.268. The van der Waals surface area contributed by atoms with Gasteiger partial charge in [0.2, 0.25) is 0 Å². The Bertz CT molecular complexity index is 1160. The minimum absolute atomic E-state index is 0.0665. The molecule has 0 radical (unpaired) electrons. The lowest BCUT2D eigenvalue weighted by atomic mass is 9.95. The van der Waals surface area contributed by atoms with Gasteiger partial charge in [0.25, 0.3) is 11.7 Å².